The highest BCUT2D eigenvalue weighted by atomic mass is 32.1. The minimum Gasteiger partial charge on any atom is -0.470 e. The van der Waals surface area contributed by atoms with Crippen LogP contribution in [-0.2, 0) is 6.42 Å². The summed E-state index contributed by atoms with van der Waals surface area (Å²) in [4.78, 5) is 27.5. The molecule has 4 heterocycles. The van der Waals surface area contributed by atoms with Crippen molar-refractivity contribution in [3.63, 3.8) is 0 Å². The van der Waals surface area contributed by atoms with Crippen molar-refractivity contribution in [1.82, 2.24) is 29.5 Å². The zero-order chi connectivity index (χ0) is 19.3. The van der Waals surface area contributed by atoms with Crippen LogP contribution in [0.15, 0.2) is 30.6 Å². The number of aromatic nitrogens is 5. The van der Waals surface area contributed by atoms with E-state index in [4.69, 9.17) is 4.74 Å². The molecule has 1 aliphatic heterocycles. The highest BCUT2D eigenvalue weighted by Gasteiger charge is 2.33. The van der Waals surface area contributed by atoms with Crippen molar-refractivity contribution in [1.29, 1.82) is 0 Å². The molecule has 5 rings (SSSR count). The Bertz CT molecular complexity index is 1190. The summed E-state index contributed by atoms with van der Waals surface area (Å²) in [5.74, 6) is 1.12. The Kier molecular flexibility index (Phi) is 3.97. The van der Waals surface area contributed by atoms with Gasteiger partial charge in [0.2, 0.25) is 5.88 Å². The van der Waals surface area contributed by atoms with E-state index in [2.05, 4.69) is 27.0 Å². The van der Waals surface area contributed by atoms with Crippen LogP contribution in [0, 0.1) is 6.92 Å². The summed E-state index contributed by atoms with van der Waals surface area (Å²) in [5, 5.41) is 5.23. The lowest BCUT2D eigenvalue weighted by atomic mass is 10.1. The third-order valence-electron chi connectivity index (χ3n) is 4.75. The molecule has 1 aliphatic rings. The number of carbonyl (C=O) groups is 1. The van der Waals surface area contributed by atoms with Gasteiger partial charge in [0.1, 0.15) is 12.4 Å². The number of fused-ring (bicyclic) bond motifs is 2. The van der Waals surface area contributed by atoms with Crippen LogP contribution >= 0.6 is 11.3 Å². The topological polar surface area (TPSA) is 85.5 Å². The van der Waals surface area contributed by atoms with Gasteiger partial charge in [-0.05, 0) is 31.5 Å². The van der Waals surface area contributed by atoms with Gasteiger partial charge in [0.05, 0.1) is 28.3 Å². The van der Waals surface area contributed by atoms with Gasteiger partial charge in [-0.2, -0.15) is 14.6 Å². The number of rotatable bonds is 4. The largest absolute Gasteiger partial charge is 0.470 e. The number of aryl methyl sites for hydroxylation is 2. The molecule has 0 N–H and O–H groups in total. The average molecular weight is 394 g/mol. The summed E-state index contributed by atoms with van der Waals surface area (Å²) >= 11 is 1.64. The molecule has 8 nitrogen and oxygen atoms in total. The molecular weight excluding hydrogens is 376 g/mol. The molecule has 0 saturated carbocycles. The van der Waals surface area contributed by atoms with E-state index in [1.54, 1.807) is 20.8 Å². The van der Waals surface area contributed by atoms with Crippen molar-refractivity contribution in [3.8, 4) is 5.88 Å². The maximum absolute atomic E-state index is 12.8. The van der Waals surface area contributed by atoms with Crippen LogP contribution in [0.2, 0.25) is 0 Å². The number of hydrogen-bond donors (Lipinski definition) is 0. The first kappa shape index (κ1) is 17.1. The van der Waals surface area contributed by atoms with Crippen molar-refractivity contribution < 1.29 is 9.53 Å². The summed E-state index contributed by atoms with van der Waals surface area (Å²) in [6.45, 7) is 5.05. The lowest BCUT2D eigenvalue weighted by molar-refractivity contribution is 0.0150. The van der Waals surface area contributed by atoms with Gasteiger partial charge >= 0.3 is 0 Å². The van der Waals surface area contributed by atoms with E-state index in [9.17, 15) is 4.79 Å². The molecule has 1 amide bonds. The quantitative estimate of drug-likeness (QED) is 0.529. The molecular formula is C19H18N6O2S. The number of thiazole rings is 1. The predicted molar refractivity (Wildman–Crippen MR) is 105 cm³/mol. The van der Waals surface area contributed by atoms with E-state index in [0.717, 1.165) is 27.3 Å². The van der Waals surface area contributed by atoms with E-state index in [1.807, 2.05) is 31.2 Å². The molecule has 0 radical (unpaired) electrons. The molecule has 0 spiro atoms. The number of carbonyl (C=O) groups excluding carboxylic acids is 1. The minimum absolute atomic E-state index is 0.0185. The van der Waals surface area contributed by atoms with Crippen molar-refractivity contribution in [2.24, 2.45) is 0 Å². The molecule has 0 atom stereocenters. The van der Waals surface area contributed by atoms with Crippen molar-refractivity contribution in [2.75, 3.05) is 13.1 Å². The van der Waals surface area contributed by atoms with Gasteiger partial charge in [-0.25, -0.2) is 9.97 Å². The molecule has 1 aromatic carbocycles. The summed E-state index contributed by atoms with van der Waals surface area (Å²) in [5.41, 5.74) is 2.45. The zero-order valence-corrected chi connectivity index (χ0v) is 16.3. The summed E-state index contributed by atoms with van der Waals surface area (Å²) in [7, 11) is 0. The Hall–Kier alpha value is -3.07. The summed E-state index contributed by atoms with van der Waals surface area (Å²) < 4.78 is 8.65. The van der Waals surface area contributed by atoms with Gasteiger partial charge in [-0.3, -0.25) is 4.79 Å². The summed E-state index contributed by atoms with van der Waals surface area (Å²) in [6.07, 6.45) is 2.28. The van der Waals surface area contributed by atoms with Gasteiger partial charge in [-0.1, -0.05) is 6.92 Å². The first-order chi connectivity index (χ1) is 13.6. The minimum atomic E-state index is -0.0722. The fourth-order valence-electron chi connectivity index (χ4n) is 3.27. The first-order valence-corrected chi connectivity index (χ1v) is 9.95. The molecule has 9 heteroatoms. The van der Waals surface area contributed by atoms with E-state index in [-0.39, 0.29) is 12.0 Å². The number of nitrogens with zero attached hydrogens (tertiary/aromatic N) is 6. The molecule has 0 unspecified atom stereocenters. The second-order valence-corrected chi connectivity index (χ2v) is 7.92. The molecule has 0 bridgehead atoms. The van der Waals surface area contributed by atoms with Crippen LogP contribution < -0.4 is 4.74 Å². The zero-order valence-electron chi connectivity index (χ0n) is 15.5. The monoisotopic (exact) mass is 394 g/mol. The maximum Gasteiger partial charge on any atom is 0.255 e. The van der Waals surface area contributed by atoms with E-state index >= 15 is 0 Å². The van der Waals surface area contributed by atoms with Gasteiger partial charge in [0, 0.05) is 17.3 Å². The smallest absolute Gasteiger partial charge is 0.255 e. The Morgan fingerprint density at radius 1 is 1.29 bits per heavy atom. The van der Waals surface area contributed by atoms with Crippen LogP contribution in [-0.4, -0.2) is 54.6 Å². The van der Waals surface area contributed by atoms with Gasteiger partial charge in [0.15, 0.2) is 0 Å². The molecule has 142 valence electrons. The lowest BCUT2D eigenvalue weighted by Crippen LogP contribution is -2.56. The second-order valence-electron chi connectivity index (χ2n) is 6.80. The van der Waals surface area contributed by atoms with Crippen LogP contribution in [0.4, 0.5) is 0 Å². The van der Waals surface area contributed by atoms with Gasteiger partial charge in [0.25, 0.3) is 11.7 Å². The van der Waals surface area contributed by atoms with Crippen molar-refractivity contribution in [3.05, 3.63) is 46.9 Å². The van der Waals surface area contributed by atoms with Gasteiger partial charge < -0.3 is 9.64 Å². The average Bonchev–Trinajstić information content (AvgIpc) is 3.28. The maximum atomic E-state index is 12.8. The molecule has 28 heavy (non-hydrogen) atoms. The van der Waals surface area contributed by atoms with Crippen molar-refractivity contribution >= 4 is 33.2 Å². The third-order valence-corrected chi connectivity index (χ3v) is 5.91. The highest BCUT2D eigenvalue weighted by Crippen LogP contribution is 2.26. The molecule has 1 saturated heterocycles. The lowest BCUT2D eigenvalue weighted by Gasteiger charge is -2.38. The first-order valence-electron chi connectivity index (χ1n) is 9.13. The van der Waals surface area contributed by atoms with Gasteiger partial charge in [-0.15, -0.1) is 11.3 Å². The Labute approximate surface area is 164 Å². The fourth-order valence-corrected chi connectivity index (χ4v) is 4.22. The highest BCUT2D eigenvalue weighted by molar-refractivity contribution is 7.18. The molecule has 1 fully saturated rings. The Morgan fingerprint density at radius 3 is 2.96 bits per heavy atom. The van der Waals surface area contributed by atoms with E-state index in [0.29, 0.717) is 30.3 Å². The third kappa shape index (κ3) is 2.88. The van der Waals surface area contributed by atoms with E-state index in [1.165, 1.54) is 6.33 Å². The number of amides is 1. The SMILES string of the molecule is CCc1nc2ccc(C(=O)N3CC(Oc4cc(C)nc5ncnn45)C3)cc2s1. The second kappa shape index (κ2) is 6.52. The Balaban J connectivity index is 1.28. The number of benzene rings is 1. The molecule has 3 aromatic heterocycles. The van der Waals surface area contributed by atoms with Crippen LogP contribution in [0.5, 0.6) is 5.88 Å². The predicted octanol–water partition coefficient (Wildman–Crippen LogP) is 2.51. The fraction of sp³-hybridized carbons (Fsp3) is 0.316. The number of likely N-dealkylation sites (tertiary alicyclic amines) is 1. The Morgan fingerprint density at radius 2 is 2.14 bits per heavy atom. The van der Waals surface area contributed by atoms with Crippen molar-refractivity contribution in [2.45, 2.75) is 26.4 Å². The standard InChI is InChI=1S/C19H18N6O2S/c1-3-16-23-14-5-4-12(7-15(14)28-16)18(26)24-8-13(9-24)27-17-6-11(2)22-19-20-10-21-25(17)19/h4-7,10,13H,3,8-9H2,1-2H3. The molecule has 4 aromatic rings. The van der Waals surface area contributed by atoms with Crippen LogP contribution in [0.1, 0.15) is 28.0 Å². The number of ether oxygens (including phenoxy) is 1. The van der Waals surface area contributed by atoms with E-state index < -0.39 is 0 Å². The van der Waals surface area contributed by atoms with Crippen LogP contribution in [0.25, 0.3) is 16.0 Å². The molecule has 0 aliphatic carbocycles. The summed E-state index contributed by atoms with van der Waals surface area (Å²) in [6, 6.07) is 7.54. The number of hydrogen-bond acceptors (Lipinski definition) is 7. The van der Waals surface area contributed by atoms with Crippen LogP contribution in [0.3, 0.4) is 0 Å². The normalized spacial score (nSPS) is 14.6.